The molecule has 0 heterocycles. The van der Waals surface area contributed by atoms with Gasteiger partial charge in [-0.25, -0.2) is 18.9 Å². The highest BCUT2D eigenvalue weighted by Crippen LogP contribution is 2.38. The van der Waals surface area contributed by atoms with Crippen LogP contribution < -0.4 is 11.1 Å². The smallest absolute Gasteiger partial charge is 0.407 e. The molecule has 0 saturated carbocycles. The Morgan fingerprint density at radius 1 is 0.829 bits per heavy atom. The summed E-state index contributed by atoms with van der Waals surface area (Å²) in [7, 11) is 0. The Morgan fingerprint density at radius 2 is 1.27 bits per heavy atom. The third kappa shape index (κ3) is 12.1. The molecule has 10 nitrogen and oxygen atoms in total. The van der Waals surface area contributed by atoms with Crippen molar-refractivity contribution < 1.29 is 60.7 Å². The number of aliphatic hydroxyl groups is 2. The third-order valence-electron chi connectivity index (χ3n) is 4.68. The number of aliphatic hydroxyl groups excluding tert-OH is 2. The SMILES string of the molecule is C[C@@H](O)[C@@H](N)C(=O)O.[C-]#[N+]c1ccc(F)cc1C(F)(F)F.[C-]#[N+]c1ccc(N[C@@H](C(=O)O)[C@@H](C)O)cc1C(F)(F)F. The second-order valence-electron chi connectivity index (χ2n) is 7.92. The average Bonchev–Trinajstić information content (AvgIpc) is 2.85. The first-order valence-electron chi connectivity index (χ1n) is 10.8. The fourth-order valence-electron chi connectivity index (χ4n) is 2.56. The van der Waals surface area contributed by atoms with Gasteiger partial charge < -0.3 is 31.5 Å². The minimum absolute atomic E-state index is 0.141. The topological polar surface area (TPSA) is 162 Å². The van der Waals surface area contributed by atoms with Crippen molar-refractivity contribution in [2.75, 3.05) is 5.32 Å². The van der Waals surface area contributed by atoms with Gasteiger partial charge in [0.1, 0.15) is 11.9 Å². The standard InChI is InChI=1S/C12H11F3N2O3.C8H3F4N.C4H9NO3/c1-6(18)10(11(19)20)17-7-3-4-9(16-2)8(5-7)12(13,14)15;1-13-7-3-2-5(9)4-6(7)8(10,11)12;1-2(6)3(5)4(7)8/h3-6,10,17-18H,1H3,(H,19,20);2-4H;2-3,6H,5H2,1H3,(H,7,8)/t6-,10-;;2-,3-/m1.1/s1. The second kappa shape index (κ2) is 15.4. The Labute approximate surface area is 228 Å². The van der Waals surface area contributed by atoms with E-state index in [9.17, 15) is 45.4 Å². The number of carboxylic acids is 2. The predicted octanol–water partition coefficient (Wildman–Crippen LogP) is 4.68. The maximum atomic E-state index is 12.7. The second-order valence-corrected chi connectivity index (χ2v) is 7.92. The zero-order chi connectivity index (χ0) is 32.3. The minimum Gasteiger partial charge on any atom is -0.480 e. The number of alkyl halides is 6. The maximum Gasteiger partial charge on any atom is 0.407 e. The first-order chi connectivity index (χ1) is 18.7. The summed E-state index contributed by atoms with van der Waals surface area (Å²) in [6.45, 7) is 15.7. The lowest BCUT2D eigenvalue weighted by molar-refractivity contribution is -0.141. The molecule has 2 rings (SSSR count). The van der Waals surface area contributed by atoms with Crippen LogP contribution in [-0.4, -0.2) is 56.7 Å². The summed E-state index contributed by atoms with van der Waals surface area (Å²) in [5.74, 6) is -3.58. The highest BCUT2D eigenvalue weighted by Gasteiger charge is 2.35. The molecule has 0 radical (unpaired) electrons. The summed E-state index contributed by atoms with van der Waals surface area (Å²) >= 11 is 0. The average molecular weight is 596 g/mol. The Morgan fingerprint density at radius 3 is 1.59 bits per heavy atom. The number of halogens is 7. The van der Waals surface area contributed by atoms with E-state index in [0.717, 1.165) is 24.3 Å². The number of nitrogens with two attached hydrogens (primary N) is 1. The van der Waals surface area contributed by atoms with Crippen molar-refractivity contribution >= 4 is 29.0 Å². The van der Waals surface area contributed by atoms with E-state index in [2.05, 4.69) is 15.0 Å². The summed E-state index contributed by atoms with van der Waals surface area (Å²) in [5, 5.41) is 36.9. The number of hydrogen-bond donors (Lipinski definition) is 6. The van der Waals surface area contributed by atoms with Crippen molar-refractivity contribution in [3.8, 4) is 0 Å². The molecule has 0 amide bonds. The number of hydrogen-bond acceptors (Lipinski definition) is 6. The number of aliphatic carboxylic acids is 2. The van der Waals surface area contributed by atoms with Crippen LogP contribution in [0.4, 0.5) is 47.8 Å². The summed E-state index contributed by atoms with van der Waals surface area (Å²) in [5.41, 5.74) is 1.21. The molecule has 224 valence electrons. The van der Waals surface area contributed by atoms with Crippen molar-refractivity contribution in [3.05, 3.63) is 76.2 Å². The van der Waals surface area contributed by atoms with Crippen LogP contribution in [0.3, 0.4) is 0 Å². The monoisotopic (exact) mass is 596 g/mol. The van der Waals surface area contributed by atoms with Crippen molar-refractivity contribution in [3.63, 3.8) is 0 Å². The molecule has 0 bridgehead atoms. The lowest BCUT2D eigenvalue weighted by atomic mass is 10.1. The number of anilines is 1. The number of nitrogens with zero attached hydrogens (tertiary/aromatic N) is 2. The van der Waals surface area contributed by atoms with Gasteiger partial charge in [-0.1, -0.05) is 12.1 Å². The van der Waals surface area contributed by atoms with Gasteiger partial charge in [-0.2, -0.15) is 26.3 Å². The molecule has 4 atom stereocenters. The molecule has 0 spiro atoms. The Balaban J connectivity index is 0.000000652. The van der Waals surface area contributed by atoms with Gasteiger partial charge in [0.05, 0.1) is 36.5 Å². The summed E-state index contributed by atoms with van der Waals surface area (Å²) in [6.07, 6.45) is -11.7. The number of rotatable bonds is 6. The van der Waals surface area contributed by atoms with Gasteiger partial charge in [0.2, 0.25) is 0 Å². The molecular formula is C24H23F7N4O6. The van der Waals surface area contributed by atoms with E-state index >= 15 is 0 Å². The van der Waals surface area contributed by atoms with Crippen LogP contribution in [0.5, 0.6) is 0 Å². The van der Waals surface area contributed by atoms with Crippen molar-refractivity contribution in [2.45, 2.75) is 50.5 Å². The molecule has 0 unspecified atom stereocenters. The lowest BCUT2D eigenvalue weighted by Gasteiger charge is -2.19. The van der Waals surface area contributed by atoms with Crippen LogP contribution >= 0.6 is 0 Å². The van der Waals surface area contributed by atoms with Gasteiger partial charge >= 0.3 is 24.3 Å². The minimum atomic E-state index is -4.72. The molecule has 0 aliphatic heterocycles. The predicted molar refractivity (Wildman–Crippen MR) is 129 cm³/mol. The molecule has 2 aromatic rings. The van der Waals surface area contributed by atoms with E-state index in [0.29, 0.717) is 12.1 Å². The highest BCUT2D eigenvalue weighted by molar-refractivity contribution is 5.78. The molecule has 0 aliphatic carbocycles. The highest BCUT2D eigenvalue weighted by atomic mass is 19.4. The Bertz CT molecular complexity index is 1290. The summed E-state index contributed by atoms with van der Waals surface area (Å²) in [4.78, 5) is 26.1. The van der Waals surface area contributed by atoms with Crippen LogP contribution in [0.1, 0.15) is 25.0 Å². The van der Waals surface area contributed by atoms with Gasteiger partial charge in [-0.3, -0.25) is 4.79 Å². The van der Waals surface area contributed by atoms with E-state index in [1.165, 1.54) is 13.8 Å². The maximum absolute atomic E-state index is 12.7. The number of carboxylic acid groups (broad SMARTS) is 2. The van der Waals surface area contributed by atoms with Crippen LogP contribution in [0.15, 0.2) is 36.4 Å². The van der Waals surface area contributed by atoms with Gasteiger partial charge in [0.15, 0.2) is 17.4 Å². The fraction of sp³-hybridized carbons (Fsp3) is 0.333. The van der Waals surface area contributed by atoms with Gasteiger partial charge in [-0.15, -0.1) is 0 Å². The molecule has 0 aromatic heterocycles. The quantitative estimate of drug-likeness (QED) is 0.207. The first-order valence-corrected chi connectivity index (χ1v) is 10.8. The molecule has 17 heteroatoms. The molecule has 7 N–H and O–H groups in total. The van der Waals surface area contributed by atoms with Crippen molar-refractivity contribution in [1.29, 1.82) is 0 Å². The van der Waals surface area contributed by atoms with E-state index in [1.807, 2.05) is 0 Å². The van der Waals surface area contributed by atoms with Gasteiger partial charge in [0.25, 0.3) is 0 Å². The summed E-state index contributed by atoms with van der Waals surface area (Å²) < 4.78 is 86.9. The van der Waals surface area contributed by atoms with Crippen molar-refractivity contribution in [1.82, 2.24) is 0 Å². The third-order valence-corrected chi connectivity index (χ3v) is 4.68. The Hall–Kier alpha value is -4.45. The molecule has 0 saturated heterocycles. The largest absolute Gasteiger partial charge is 0.480 e. The molecule has 2 aromatic carbocycles. The fourth-order valence-corrected chi connectivity index (χ4v) is 2.56. The van der Waals surface area contributed by atoms with E-state index in [1.54, 1.807) is 0 Å². The van der Waals surface area contributed by atoms with Crippen LogP contribution in [0, 0.1) is 19.0 Å². The Kier molecular flexibility index (Phi) is 13.7. The zero-order valence-corrected chi connectivity index (χ0v) is 21.0. The van der Waals surface area contributed by atoms with Gasteiger partial charge in [-0.05, 0) is 38.1 Å². The molecule has 0 aliphatic rings. The lowest BCUT2D eigenvalue weighted by Crippen LogP contribution is -2.39. The van der Waals surface area contributed by atoms with Crippen LogP contribution in [0.25, 0.3) is 9.69 Å². The molecular weight excluding hydrogens is 573 g/mol. The van der Waals surface area contributed by atoms with E-state index in [4.69, 9.17) is 34.2 Å². The van der Waals surface area contributed by atoms with E-state index < -0.39 is 76.9 Å². The van der Waals surface area contributed by atoms with Gasteiger partial charge in [0, 0.05) is 5.69 Å². The van der Waals surface area contributed by atoms with E-state index in [-0.39, 0.29) is 5.69 Å². The molecule has 0 fully saturated rings. The number of carbonyl (C=O) groups is 2. The number of benzene rings is 2. The molecule has 41 heavy (non-hydrogen) atoms. The normalized spacial score (nSPS) is 13.8. The first kappa shape index (κ1) is 36.5. The zero-order valence-electron chi connectivity index (χ0n) is 21.0. The number of nitrogens with one attached hydrogen (secondary N) is 1. The van der Waals surface area contributed by atoms with Crippen LogP contribution in [0.2, 0.25) is 0 Å². The van der Waals surface area contributed by atoms with Crippen molar-refractivity contribution in [2.24, 2.45) is 5.73 Å². The van der Waals surface area contributed by atoms with Crippen LogP contribution in [-0.2, 0) is 21.9 Å². The summed E-state index contributed by atoms with van der Waals surface area (Å²) in [6, 6.07) is 2.08.